The van der Waals surface area contributed by atoms with Crippen molar-refractivity contribution in [3.8, 4) is 0 Å². The molecule has 7 heteroatoms. The summed E-state index contributed by atoms with van der Waals surface area (Å²) in [5, 5.41) is 3.01. The molecule has 1 aliphatic rings. The first-order chi connectivity index (χ1) is 9.04. The normalized spacial score (nSPS) is 15.7. The second-order valence-corrected chi connectivity index (χ2v) is 6.94. The van der Waals surface area contributed by atoms with Gasteiger partial charge in [-0.05, 0) is 25.2 Å². The van der Waals surface area contributed by atoms with Crippen LogP contribution in [0.3, 0.4) is 0 Å². The third-order valence-corrected chi connectivity index (χ3v) is 4.86. The third-order valence-electron chi connectivity index (χ3n) is 3.08. The second kappa shape index (κ2) is 5.83. The lowest BCUT2D eigenvalue weighted by molar-refractivity contribution is 0.452. The van der Waals surface area contributed by atoms with Crippen molar-refractivity contribution in [2.45, 2.75) is 31.1 Å². The van der Waals surface area contributed by atoms with Gasteiger partial charge < -0.3 is 5.32 Å². The fourth-order valence-electron chi connectivity index (χ4n) is 1.72. The van der Waals surface area contributed by atoms with Crippen LogP contribution in [0.1, 0.15) is 26.2 Å². The summed E-state index contributed by atoms with van der Waals surface area (Å²) in [5.41, 5.74) is 0. The molecule has 1 heterocycles. The summed E-state index contributed by atoms with van der Waals surface area (Å²) in [7, 11) is -1.84. The van der Waals surface area contributed by atoms with Crippen LogP contribution in [0.5, 0.6) is 0 Å². The highest BCUT2D eigenvalue weighted by Crippen LogP contribution is 2.30. The summed E-state index contributed by atoms with van der Waals surface area (Å²) >= 11 is 0. The standard InChI is InChI=1S/C12H20N4O2S/c1-3-6-13-12-14-7-11(8-15-12)19(17,18)16(2)9-10-4-5-10/h7-8,10H,3-6,9H2,1-2H3,(H,13,14,15). The molecular formula is C12H20N4O2S. The van der Waals surface area contributed by atoms with Gasteiger partial charge in [0.2, 0.25) is 16.0 Å². The van der Waals surface area contributed by atoms with E-state index in [0.717, 1.165) is 25.8 Å². The molecule has 0 spiro atoms. The summed E-state index contributed by atoms with van der Waals surface area (Å²) in [5.74, 6) is 0.983. The van der Waals surface area contributed by atoms with Crippen LogP contribution in [0, 0.1) is 5.92 Å². The molecule has 1 aromatic rings. The van der Waals surface area contributed by atoms with Crippen molar-refractivity contribution < 1.29 is 8.42 Å². The minimum absolute atomic E-state index is 0.151. The van der Waals surface area contributed by atoms with Crippen molar-refractivity contribution in [1.82, 2.24) is 14.3 Å². The lowest BCUT2D eigenvalue weighted by Crippen LogP contribution is -2.29. The predicted molar refractivity (Wildman–Crippen MR) is 73.4 cm³/mol. The first kappa shape index (κ1) is 14.2. The summed E-state index contributed by atoms with van der Waals surface area (Å²) in [4.78, 5) is 8.21. The molecule has 6 nitrogen and oxygen atoms in total. The maximum Gasteiger partial charge on any atom is 0.245 e. The number of hydrogen-bond donors (Lipinski definition) is 1. The maximum absolute atomic E-state index is 12.2. The van der Waals surface area contributed by atoms with Gasteiger partial charge in [0.1, 0.15) is 4.90 Å². The zero-order chi connectivity index (χ0) is 13.9. The van der Waals surface area contributed by atoms with Gasteiger partial charge in [0, 0.05) is 20.1 Å². The number of hydrogen-bond acceptors (Lipinski definition) is 5. The van der Waals surface area contributed by atoms with E-state index in [-0.39, 0.29) is 4.90 Å². The molecule has 1 saturated carbocycles. The molecule has 0 aromatic carbocycles. The molecule has 0 radical (unpaired) electrons. The van der Waals surface area contributed by atoms with E-state index in [1.165, 1.54) is 16.7 Å². The number of aromatic nitrogens is 2. The van der Waals surface area contributed by atoms with E-state index in [1.807, 2.05) is 6.92 Å². The Morgan fingerprint density at radius 3 is 2.53 bits per heavy atom. The highest BCUT2D eigenvalue weighted by molar-refractivity contribution is 7.89. The Balaban J connectivity index is 2.06. The molecule has 1 fully saturated rings. The highest BCUT2D eigenvalue weighted by Gasteiger charge is 2.29. The third kappa shape index (κ3) is 3.63. The maximum atomic E-state index is 12.2. The van der Waals surface area contributed by atoms with Crippen LogP contribution in [-0.2, 0) is 10.0 Å². The van der Waals surface area contributed by atoms with Crippen LogP contribution < -0.4 is 5.32 Å². The van der Waals surface area contributed by atoms with Crippen LogP contribution in [0.15, 0.2) is 17.3 Å². The molecule has 0 unspecified atom stereocenters. The zero-order valence-electron chi connectivity index (χ0n) is 11.3. The molecule has 0 saturated heterocycles. The summed E-state index contributed by atoms with van der Waals surface area (Å²) in [6, 6.07) is 0. The number of rotatable bonds is 7. The fourth-order valence-corrected chi connectivity index (χ4v) is 2.86. The first-order valence-corrected chi connectivity index (χ1v) is 8.00. The predicted octanol–water partition coefficient (Wildman–Crippen LogP) is 1.33. The Morgan fingerprint density at radius 2 is 2.00 bits per heavy atom. The smallest absolute Gasteiger partial charge is 0.245 e. The second-order valence-electron chi connectivity index (χ2n) is 4.90. The van der Waals surface area contributed by atoms with Gasteiger partial charge in [-0.15, -0.1) is 0 Å². The zero-order valence-corrected chi connectivity index (χ0v) is 12.2. The molecule has 2 rings (SSSR count). The number of sulfonamides is 1. The number of nitrogens with zero attached hydrogens (tertiary/aromatic N) is 3. The SMILES string of the molecule is CCCNc1ncc(S(=O)(=O)N(C)CC2CC2)cn1. The van der Waals surface area contributed by atoms with Gasteiger partial charge in [0.15, 0.2) is 0 Å². The number of anilines is 1. The topological polar surface area (TPSA) is 75.2 Å². The van der Waals surface area contributed by atoms with Crippen LogP contribution in [0.4, 0.5) is 5.95 Å². The average Bonchev–Trinajstić information content (AvgIpc) is 3.20. The lowest BCUT2D eigenvalue weighted by Gasteiger charge is -2.16. The van der Waals surface area contributed by atoms with Gasteiger partial charge in [0.05, 0.1) is 12.4 Å². The van der Waals surface area contributed by atoms with E-state index in [2.05, 4.69) is 15.3 Å². The average molecular weight is 284 g/mol. The molecule has 0 atom stereocenters. The van der Waals surface area contributed by atoms with Crippen molar-refractivity contribution in [2.24, 2.45) is 5.92 Å². The van der Waals surface area contributed by atoms with Crippen molar-refractivity contribution in [2.75, 3.05) is 25.5 Å². The first-order valence-electron chi connectivity index (χ1n) is 6.56. The number of nitrogens with one attached hydrogen (secondary N) is 1. The van der Waals surface area contributed by atoms with Crippen LogP contribution in [0.2, 0.25) is 0 Å². The van der Waals surface area contributed by atoms with E-state index in [4.69, 9.17) is 0 Å². The summed E-state index contributed by atoms with van der Waals surface area (Å²) in [6.45, 7) is 3.39. The fraction of sp³-hybridized carbons (Fsp3) is 0.667. The van der Waals surface area contributed by atoms with Gasteiger partial charge in [-0.3, -0.25) is 0 Å². The van der Waals surface area contributed by atoms with Gasteiger partial charge in [-0.1, -0.05) is 6.92 Å². The van der Waals surface area contributed by atoms with Gasteiger partial charge in [-0.2, -0.15) is 0 Å². The van der Waals surface area contributed by atoms with Crippen LogP contribution >= 0.6 is 0 Å². The molecular weight excluding hydrogens is 264 g/mol. The van der Waals surface area contributed by atoms with Crippen LogP contribution in [0.25, 0.3) is 0 Å². The van der Waals surface area contributed by atoms with Crippen molar-refractivity contribution in [3.63, 3.8) is 0 Å². The molecule has 1 aromatic heterocycles. The molecule has 106 valence electrons. The van der Waals surface area contributed by atoms with Gasteiger partial charge >= 0.3 is 0 Å². The quantitative estimate of drug-likeness (QED) is 0.817. The Bertz CT molecular complexity index is 511. The van der Waals surface area contributed by atoms with Gasteiger partial charge in [-0.25, -0.2) is 22.7 Å². The lowest BCUT2D eigenvalue weighted by atomic mass is 10.4. The Labute approximate surface area is 114 Å². The van der Waals surface area contributed by atoms with Crippen LogP contribution in [-0.4, -0.2) is 42.8 Å². The molecule has 0 bridgehead atoms. The van der Waals surface area contributed by atoms with Crippen molar-refractivity contribution in [3.05, 3.63) is 12.4 Å². The minimum Gasteiger partial charge on any atom is -0.354 e. The van der Waals surface area contributed by atoms with E-state index in [1.54, 1.807) is 7.05 Å². The van der Waals surface area contributed by atoms with E-state index in [9.17, 15) is 8.42 Å². The molecule has 19 heavy (non-hydrogen) atoms. The Morgan fingerprint density at radius 1 is 1.37 bits per heavy atom. The van der Waals surface area contributed by atoms with E-state index >= 15 is 0 Å². The van der Waals surface area contributed by atoms with Crippen molar-refractivity contribution >= 4 is 16.0 Å². The van der Waals surface area contributed by atoms with E-state index in [0.29, 0.717) is 18.4 Å². The Hall–Kier alpha value is -1.21. The van der Waals surface area contributed by atoms with Crippen molar-refractivity contribution in [1.29, 1.82) is 0 Å². The van der Waals surface area contributed by atoms with E-state index < -0.39 is 10.0 Å². The molecule has 1 aliphatic carbocycles. The Kier molecular flexibility index (Phi) is 4.36. The summed E-state index contributed by atoms with van der Waals surface area (Å²) < 4.78 is 25.9. The van der Waals surface area contributed by atoms with Gasteiger partial charge in [0.25, 0.3) is 0 Å². The minimum atomic E-state index is -3.45. The summed E-state index contributed by atoms with van der Waals surface area (Å²) in [6.07, 6.45) is 5.94. The molecule has 0 aliphatic heterocycles. The largest absolute Gasteiger partial charge is 0.354 e. The molecule has 0 amide bonds. The highest BCUT2D eigenvalue weighted by atomic mass is 32.2. The monoisotopic (exact) mass is 284 g/mol. The molecule has 1 N–H and O–H groups in total.